The second kappa shape index (κ2) is 11.5. The van der Waals surface area contributed by atoms with E-state index in [1.54, 1.807) is 0 Å². The normalized spacial score (nSPS) is 15.9. The van der Waals surface area contributed by atoms with E-state index >= 15 is 0 Å². The van der Waals surface area contributed by atoms with Crippen LogP contribution in [0.3, 0.4) is 0 Å². The third kappa shape index (κ3) is 6.02. The number of hydrogen-bond donors (Lipinski definition) is 3. The van der Waals surface area contributed by atoms with Crippen LogP contribution in [0.25, 0.3) is 16.3 Å². The minimum absolute atomic E-state index is 0.728. The maximum absolute atomic E-state index is 7.80. The topological polar surface area (TPSA) is 67.3 Å². The van der Waals surface area contributed by atoms with Crippen molar-refractivity contribution in [2.45, 2.75) is 13.8 Å². The molecule has 0 amide bonds. The van der Waals surface area contributed by atoms with E-state index in [-0.39, 0.29) is 0 Å². The highest BCUT2D eigenvalue weighted by atomic mass is 15.2. The van der Waals surface area contributed by atoms with Gasteiger partial charge in [0, 0.05) is 73.7 Å². The fourth-order valence-electron chi connectivity index (χ4n) is 3.90. The van der Waals surface area contributed by atoms with Gasteiger partial charge < -0.3 is 25.8 Å². The summed E-state index contributed by atoms with van der Waals surface area (Å²) in [6, 6.07) is 8.16. The van der Waals surface area contributed by atoms with Gasteiger partial charge in [-0.05, 0) is 55.6 Å². The number of hydrogen-bond acceptors (Lipinski definition) is 6. The minimum atomic E-state index is 0.728. The highest BCUT2D eigenvalue weighted by Crippen LogP contribution is 2.24. The van der Waals surface area contributed by atoms with Crippen LogP contribution < -0.4 is 10.6 Å². The molecule has 0 atom stereocenters. The lowest BCUT2D eigenvalue weighted by molar-refractivity contribution is 0.190. The van der Waals surface area contributed by atoms with Crippen molar-refractivity contribution >= 4 is 28.4 Å². The van der Waals surface area contributed by atoms with E-state index in [2.05, 4.69) is 63.8 Å². The van der Waals surface area contributed by atoms with Gasteiger partial charge in [0.2, 0.25) is 0 Å². The lowest BCUT2D eigenvalue weighted by atomic mass is 10.0. The summed E-state index contributed by atoms with van der Waals surface area (Å²) in [5.41, 5.74) is 5.59. The Kier molecular flexibility index (Phi) is 8.44. The summed E-state index contributed by atoms with van der Waals surface area (Å²) in [5.74, 6) is 0.728. The fraction of sp³-hybridized carbons (Fsp3) is 0.286. The standard InChI is InChI=1S/C28H36N6/c1-7-23(9-8-20(2)34-14-12-33(6)13-15-34)21(3)32-28-17-26-16-24(10-11-25(26)19-31-28)27(18-29)22(4)30-5/h7-11,16-19,29-30H,2-3,12-15H2,1,4-6H3,(H,31,32)/b9-8-,23-7+,27-22+,29-18?. The third-order valence-corrected chi connectivity index (χ3v) is 6.26. The van der Waals surface area contributed by atoms with Crippen LogP contribution >= 0.6 is 0 Å². The molecule has 34 heavy (non-hydrogen) atoms. The number of pyridine rings is 1. The first-order valence-corrected chi connectivity index (χ1v) is 11.6. The van der Waals surface area contributed by atoms with Crippen molar-refractivity contribution < 1.29 is 0 Å². The SMILES string of the molecule is C=C(Nc1cc2cc(/C(C=N)=C(\C)NC)ccc2cn1)C(/C=C\C(=C)N1CCN(C)CC1)=C/C. The number of fused-ring (bicyclic) bond motifs is 1. The molecule has 3 rings (SSSR count). The molecule has 178 valence electrons. The number of anilines is 1. The second-order valence-corrected chi connectivity index (χ2v) is 8.53. The van der Waals surface area contributed by atoms with E-state index in [9.17, 15) is 0 Å². The quantitative estimate of drug-likeness (QED) is 0.365. The molecule has 0 radical (unpaired) electrons. The van der Waals surface area contributed by atoms with Gasteiger partial charge in [-0.1, -0.05) is 37.4 Å². The van der Waals surface area contributed by atoms with Crippen molar-refractivity contribution in [3.63, 3.8) is 0 Å². The zero-order valence-corrected chi connectivity index (χ0v) is 20.8. The summed E-state index contributed by atoms with van der Waals surface area (Å²) >= 11 is 0. The van der Waals surface area contributed by atoms with Gasteiger partial charge in [-0.2, -0.15) is 0 Å². The summed E-state index contributed by atoms with van der Waals surface area (Å²) in [4.78, 5) is 9.21. The van der Waals surface area contributed by atoms with E-state index < -0.39 is 0 Å². The average Bonchev–Trinajstić information content (AvgIpc) is 2.84. The Morgan fingerprint density at radius 3 is 2.47 bits per heavy atom. The molecule has 0 aliphatic carbocycles. The van der Waals surface area contributed by atoms with Crippen LogP contribution in [0.5, 0.6) is 0 Å². The van der Waals surface area contributed by atoms with Crippen molar-refractivity contribution in [3.05, 3.63) is 90.1 Å². The zero-order chi connectivity index (χ0) is 24.7. The molecule has 6 nitrogen and oxygen atoms in total. The Morgan fingerprint density at radius 1 is 1.09 bits per heavy atom. The maximum atomic E-state index is 7.80. The van der Waals surface area contributed by atoms with Crippen LogP contribution in [0.15, 0.2) is 84.5 Å². The molecule has 1 saturated heterocycles. The van der Waals surface area contributed by atoms with Gasteiger partial charge in [0.1, 0.15) is 5.82 Å². The largest absolute Gasteiger partial charge is 0.391 e. The molecule has 0 spiro atoms. The first kappa shape index (κ1) is 25.0. The Morgan fingerprint density at radius 2 is 1.82 bits per heavy atom. The number of aromatic nitrogens is 1. The predicted octanol–water partition coefficient (Wildman–Crippen LogP) is 5.02. The van der Waals surface area contributed by atoms with Crippen molar-refractivity contribution in [2.24, 2.45) is 0 Å². The first-order chi connectivity index (χ1) is 16.4. The molecule has 1 aliphatic rings. The number of likely N-dealkylation sites (N-methyl/N-ethyl adjacent to an activating group) is 1. The van der Waals surface area contributed by atoms with Crippen molar-refractivity contribution in [1.29, 1.82) is 5.41 Å². The molecule has 1 aromatic heterocycles. The molecular formula is C28H36N6. The number of allylic oxidation sites excluding steroid dienone is 5. The monoisotopic (exact) mass is 456 g/mol. The number of rotatable bonds is 9. The van der Waals surface area contributed by atoms with Gasteiger partial charge >= 0.3 is 0 Å². The van der Waals surface area contributed by atoms with Crippen LogP contribution in [0.1, 0.15) is 19.4 Å². The highest BCUT2D eigenvalue weighted by Gasteiger charge is 2.13. The third-order valence-electron chi connectivity index (χ3n) is 6.26. The Hall–Kier alpha value is -3.64. The van der Waals surface area contributed by atoms with Gasteiger partial charge in [-0.15, -0.1) is 0 Å². The predicted molar refractivity (Wildman–Crippen MR) is 146 cm³/mol. The smallest absolute Gasteiger partial charge is 0.130 e. The molecule has 2 heterocycles. The van der Waals surface area contributed by atoms with E-state index in [0.29, 0.717) is 0 Å². The average molecular weight is 457 g/mol. The van der Waals surface area contributed by atoms with E-state index in [1.165, 1.54) is 6.21 Å². The summed E-state index contributed by atoms with van der Waals surface area (Å²) in [5, 5.41) is 16.4. The van der Waals surface area contributed by atoms with Crippen molar-refractivity contribution in [1.82, 2.24) is 20.1 Å². The van der Waals surface area contributed by atoms with Gasteiger partial charge in [0.05, 0.1) is 0 Å². The van der Waals surface area contributed by atoms with Gasteiger partial charge in [-0.25, -0.2) is 4.98 Å². The molecule has 1 aromatic carbocycles. The summed E-state index contributed by atoms with van der Waals surface area (Å²) < 4.78 is 0. The Balaban J connectivity index is 1.74. The zero-order valence-electron chi connectivity index (χ0n) is 20.8. The summed E-state index contributed by atoms with van der Waals surface area (Å²) in [6.45, 7) is 16.5. The minimum Gasteiger partial charge on any atom is -0.391 e. The van der Waals surface area contributed by atoms with Gasteiger partial charge in [0.15, 0.2) is 0 Å². The molecule has 3 N–H and O–H groups in total. The molecule has 1 fully saturated rings. The van der Waals surface area contributed by atoms with E-state index in [1.807, 2.05) is 51.4 Å². The number of nitrogens with zero attached hydrogens (tertiary/aromatic N) is 3. The summed E-state index contributed by atoms with van der Waals surface area (Å²) in [7, 11) is 4.02. The van der Waals surface area contributed by atoms with Gasteiger partial charge in [-0.3, -0.25) is 0 Å². The van der Waals surface area contributed by atoms with Crippen LogP contribution in [-0.2, 0) is 0 Å². The Bertz CT molecular complexity index is 1160. The van der Waals surface area contributed by atoms with Crippen LogP contribution in [0.2, 0.25) is 0 Å². The number of nitrogens with one attached hydrogen (secondary N) is 3. The maximum Gasteiger partial charge on any atom is 0.130 e. The van der Waals surface area contributed by atoms with Crippen molar-refractivity contribution in [2.75, 3.05) is 45.6 Å². The Labute approximate surface area is 203 Å². The molecule has 0 bridgehead atoms. The number of benzene rings is 1. The van der Waals surface area contributed by atoms with Crippen LogP contribution in [0, 0.1) is 5.41 Å². The van der Waals surface area contributed by atoms with E-state index in [4.69, 9.17) is 5.41 Å². The lowest BCUT2D eigenvalue weighted by Crippen LogP contribution is -2.43. The second-order valence-electron chi connectivity index (χ2n) is 8.53. The fourth-order valence-corrected chi connectivity index (χ4v) is 3.90. The molecule has 2 aromatic rings. The molecular weight excluding hydrogens is 420 g/mol. The van der Waals surface area contributed by atoms with Crippen LogP contribution in [0.4, 0.5) is 5.82 Å². The molecule has 0 saturated carbocycles. The highest BCUT2D eigenvalue weighted by molar-refractivity contribution is 6.10. The lowest BCUT2D eigenvalue weighted by Gasteiger charge is -2.34. The first-order valence-electron chi connectivity index (χ1n) is 11.6. The molecule has 6 heteroatoms. The number of piperazine rings is 1. The van der Waals surface area contributed by atoms with Crippen LogP contribution in [-0.4, -0.2) is 61.3 Å². The van der Waals surface area contributed by atoms with Gasteiger partial charge in [0.25, 0.3) is 0 Å². The molecule has 1 aliphatic heterocycles. The molecule has 0 unspecified atom stereocenters. The van der Waals surface area contributed by atoms with Crippen molar-refractivity contribution in [3.8, 4) is 0 Å². The van der Waals surface area contributed by atoms with E-state index in [0.717, 1.165) is 76.6 Å². The summed E-state index contributed by atoms with van der Waals surface area (Å²) in [6.07, 6.45) is 9.38.